The molecule has 2 heterocycles. The fourth-order valence-corrected chi connectivity index (χ4v) is 5.20. The van der Waals surface area contributed by atoms with Gasteiger partial charge in [-0.05, 0) is 38.8 Å². The van der Waals surface area contributed by atoms with E-state index in [-0.39, 0.29) is 36.5 Å². The molecular formula is C22H31N5O6S. The first kappa shape index (κ1) is 25.5. The van der Waals surface area contributed by atoms with Crippen molar-refractivity contribution in [1.29, 1.82) is 0 Å². The van der Waals surface area contributed by atoms with Gasteiger partial charge in [0.05, 0.1) is 11.4 Å². The van der Waals surface area contributed by atoms with Crippen LogP contribution in [0.1, 0.15) is 26.7 Å². The largest absolute Gasteiger partial charge is 0.354 e. The lowest BCUT2D eigenvalue weighted by molar-refractivity contribution is -0.137. The van der Waals surface area contributed by atoms with Gasteiger partial charge in [0.25, 0.3) is 0 Å². The van der Waals surface area contributed by atoms with Crippen LogP contribution >= 0.6 is 0 Å². The summed E-state index contributed by atoms with van der Waals surface area (Å²) < 4.78 is 25.3. The second-order valence-corrected chi connectivity index (χ2v) is 10.7. The molecule has 2 fully saturated rings. The highest BCUT2D eigenvalue weighted by Crippen LogP contribution is 2.16. The van der Waals surface area contributed by atoms with Crippen LogP contribution in [-0.4, -0.2) is 92.0 Å². The quantitative estimate of drug-likeness (QED) is 0.487. The van der Waals surface area contributed by atoms with Gasteiger partial charge in [0.2, 0.25) is 17.7 Å². The lowest BCUT2D eigenvalue weighted by Gasteiger charge is -2.41. The van der Waals surface area contributed by atoms with Crippen LogP contribution in [-0.2, 0) is 24.2 Å². The van der Waals surface area contributed by atoms with Gasteiger partial charge in [-0.1, -0.05) is 18.2 Å². The van der Waals surface area contributed by atoms with Crippen LogP contribution in [0.15, 0.2) is 35.2 Å². The summed E-state index contributed by atoms with van der Waals surface area (Å²) in [7, 11) is -3.86. The molecule has 34 heavy (non-hydrogen) atoms. The van der Waals surface area contributed by atoms with Gasteiger partial charge in [-0.15, -0.1) is 0 Å². The summed E-state index contributed by atoms with van der Waals surface area (Å²) in [5.41, 5.74) is 0. The van der Waals surface area contributed by atoms with Gasteiger partial charge in [0.15, 0.2) is 9.84 Å². The second kappa shape index (κ2) is 10.9. The van der Waals surface area contributed by atoms with Crippen LogP contribution < -0.4 is 16.0 Å². The van der Waals surface area contributed by atoms with Crippen LogP contribution in [0.4, 0.5) is 4.79 Å². The third kappa shape index (κ3) is 6.25. The minimum atomic E-state index is -3.86. The highest BCUT2D eigenvalue weighted by atomic mass is 32.2. The van der Waals surface area contributed by atoms with Crippen molar-refractivity contribution in [3.63, 3.8) is 0 Å². The number of carbonyl (C=O) groups is 4. The average Bonchev–Trinajstić information content (AvgIpc) is 2.80. The number of hydrogen-bond donors (Lipinski definition) is 3. The smallest absolute Gasteiger partial charge is 0.318 e. The molecule has 1 aromatic rings. The maximum Gasteiger partial charge on any atom is 0.318 e. The first-order valence-corrected chi connectivity index (χ1v) is 12.9. The number of sulfone groups is 1. The summed E-state index contributed by atoms with van der Waals surface area (Å²) in [4.78, 5) is 53.5. The van der Waals surface area contributed by atoms with E-state index >= 15 is 0 Å². The van der Waals surface area contributed by atoms with Crippen molar-refractivity contribution in [3.8, 4) is 0 Å². The average molecular weight is 494 g/mol. The van der Waals surface area contributed by atoms with Crippen molar-refractivity contribution in [2.75, 3.05) is 31.9 Å². The van der Waals surface area contributed by atoms with E-state index in [9.17, 15) is 27.6 Å². The third-order valence-corrected chi connectivity index (χ3v) is 7.34. The Kier molecular flexibility index (Phi) is 8.13. The third-order valence-electron chi connectivity index (χ3n) is 5.73. The molecule has 0 radical (unpaired) electrons. The minimum absolute atomic E-state index is 0.0379. The molecule has 0 aromatic heterocycles. The van der Waals surface area contributed by atoms with Gasteiger partial charge in [-0.3, -0.25) is 14.4 Å². The molecule has 3 rings (SSSR count). The van der Waals surface area contributed by atoms with Gasteiger partial charge >= 0.3 is 6.03 Å². The summed E-state index contributed by atoms with van der Waals surface area (Å²) in [6.07, 6.45) is 1.18. The molecule has 0 aliphatic carbocycles. The van der Waals surface area contributed by atoms with Crippen molar-refractivity contribution < 1.29 is 27.6 Å². The molecule has 5 amide bonds. The van der Waals surface area contributed by atoms with E-state index in [0.717, 1.165) is 0 Å². The molecule has 2 saturated heterocycles. The zero-order chi connectivity index (χ0) is 24.9. The van der Waals surface area contributed by atoms with Crippen LogP contribution in [0.2, 0.25) is 0 Å². The molecule has 0 saturated carbocycles. The Hall–Kier alpha value is -3.15. The summed E-state index contributed by atoms with van der Waals surface area (Å²) in [5, 5.41) is 8.11. The van der Waals surface area contributed by atoms with Gasteiger partial charge in [0, 0.05) is 25.7 Å². The maximum absolute atomic E-state index is 13.1. The number of piperidine rings is 1. The van der Waals surface area contributed by atoms with Crippen molar-refractivity contribution in [2.45, 2.75) is 49.7 Å². The summed E-state index contributed by atoms with van der Waals surface area (Å²) in [5.74, 6) is -2.25. The maximum atomic E-state index is 13.1. The molecule has 2 unspecified atom stereocenters. The van der Waals surface area contributed by atoms with Gasteiger partial charge in [-0.2, -0.15) is 0 Å². The van der Waals surface area contributed by atoms with Crippen molar-refractivity contribution >= 4 is 33.6 Å². The Morgan fingerprint density at radius 1 is 1.15 bits per heavy atom. The van der Waals surface area contributed by atoms with Crippen LogP contribution in [0.25, 0.3) is 0 Å². The van der Waals surface area contributed by atoms with Crippen LogP contribution in [0.3, 0.4) is 0 Å². The Bertz CT molecular complexity index is 1030. The van der Waals surface area contributed by atoms with Crippen molar-refractivity contribution in [2.24, 2.45) is 0 Å². The number of piperazine rings is 1. The summed E-state index contributed by atoms with van der Waals surface area (Å²) in [6, 6.07) is 5.24. The number of nitrogens with one attached hydrogen (secondary N) is 3. The summed E-state index contributed by atoms with van der Waals surface area (Å²) in [6.45, 7) is 4.07. The SMILES string of the molecule is CC(C)NC(=O)N1CCN(C(=O)CS(=O)(=O)c2ccccc2)CC1C(=O)NC1CCCNC1=O. The lowest BCUT2D eigenvalue weighted by Crippen LogP contribution is -2.65. The first-order chi connectivity index (χ1) is 16.1. The van der Waals surface area contributed by atoms with Crippen LogP contribution in [0.5, 0.6) is 0 Å². The Morgan fingerprint density at radius 2 is 1.85 bits per heavy atom. The molecule has 12 heteroatoms. The number of rotatable bonds is 6. The molecule has 3 N–H and O–H groups in total. The molecule has 186 valence electrons. The minimum Gasteiger partial charge on any atom is -0.354 e. The van der Waals surface area contributed by atoms with Gasteiger partial charge in [-0.25, -0.2) is 13.2 Å². The first-order valence-electron chi connectivity index (χ1n) is 11.3. The molecule has 11 nitrogen and oxygen atoms in total. The number of urea groups is 1. The van der Waals surface area contributed by atoms with E-state index in [2.05, 4.69) is 16.0 Å². The van der Waals surface area contributed by atoms with E-state index in [0.29, 0.717) is 19.4 Å². The van der Waals surface area contributed by atoms with E-state index in [4.69, 9.17) is 0 Å². The van der Waals surface area contributed by atoms with Crippen LogP contribution in [0, 0.1) is 0 Å². The van der Waals surface area contributed by atoms with E-state index < -0.39 is 45.5 Å². The highest BCUT2D eigenvalue weighted by Gasteiger charge is 2.39. The zero-order valence-electron chi connectivity index (χ0n) is 19.3. The Labute approximate surface area is 199 Å². The number of hydrogen-bond acceptors (Lipinski definition) is 6. The lowest BCUT2D eigenvalue weighted by atomic mass is 10.1. The molecule has 2 atom stereocenters. The number of amides is 5. The van der Waals surface area contributed by atoms with E-state index in [1.54, 1.807) is 32.0 Å². The number of nitrogens with zero attached hydrogens (tertiary/aromatic N) is 2. The fourth-order valence-electron chi connectivity index (χ4n) is 3.95. The number of carbonyl (C=O) groups excluding carboxylic acids is 4. The monoisotopic (exact) mass is 493 g/mol. The van der Waals surface area contributed by atoms with Gasteiger partial charge in [0.1, 0.15) is 17.8 Å². The fraction of sp³-hybridized carbons (Fsp3) is 0.545. The predicted molar refractivity (Wildman–Crippen MR) is 123 cm³/mol. The topological polar surface area (TPSA) is 145 Å². The Morgan fingerprint density at radius 3 is 2.50 bits per heavy atom. The van der Waals surface area contributed by atoms with E-state index in [1.165, 1.54) is 21.9 Å². The summed E-state index contributed by atoms with van der Waals surface area (Å²) >= 11 is 0. The second-order valence-electron chi connectivity index (χ2n) is 8.72. The van der Waals surface area contributed by atoms with Crippen molar-refractivity contribution in [3.05, 3.63) is 30.3 Å². The normalized spacial score (nSPS) is 21.1. The highest BCUT2D eigenvalue weighted by molar-refractivity contribution is 7.92. The molecular weight excluding hydrogens is 462 g/mol. The molecule has 0 spiro atoms. The Balaban J connectivity index is 1.75. The molecule has 1 aromatic carbocycles. The zero-order valence-corrected chi connectivity index (χ0v) is 20.1. The van der Waals surface area contributed by atoms with E-state index in [1.807, 2.05) is 0 Å². The molecule has 2 aliphatic rings. The predicted octanol–water partition coefficient (Wildman–Crippen LogP) is -0.514. The number of benzene rings is 1. The van der Waals surface area contributed by atoms with Crippen molar-refractivity contribution in [1.82, 2.24) is 25.8 Å². The standard InChI is InChI=1S/C22H31N5O6S/c1-15(2)24-22(31)27-12-11-26(19(28)14-34(32,33)16-7-4-3-5-8-16)13-18(27)21(30)25-17-9-6-10-23-20(17)29/h3-5,7-8,15,17-18H,6,9-14H2,1-2H3,(H,23,29)(H,24,31)(H,25,30). The molecule has 0 bridgehead atoms. The van der Waals surface area contributed by atoms with Gasteiger partial charge < -0.3 is 25.8 Å². The molecule has 2 aliphatic heterocycles.